The molecule has 0 fully saturated rings. The van der Waals surface area contributed by atoms with E-state index in [1.54, 1.807) is 6.20 Å². The van der Waals surface area contributed by atoms with E-state index in [4.69, 9.17) is 4.74 Å². The van der Waals surface area contributed by atoms with E-state index >= 15 is 0 Å². The van der Waals surface area contributed by atoms with E-state index in [9.17, 15) is 4.79 Å². The summed E-state index contributed by atoms with van der Waals surface area (Å²) < 4.78 is 5.50. The second-order valence-corrected chi connectivity index (χ2v) is 5.74. The number of nitrogens with zero attached hydrogens (tertiary/aromatic N) is 1. The standard InChI is InChI=1S/C15H18N2O2S/c1-10(2)13-5-4-12(8-11(13)3)19-9-14(18)17-15-16-6-7-20-15/h4-8,10H,9H2,1-3H3,(H,16,17,18). The minimum atomic E-state index is -0.203. The van der Waals surface area contributed by atoms with Crippen molar-refractivity contribution in [2.45, 2.75) is 26.7 Å². The van der Waals surface area contributed by atoms with Crippen molar-refractivity contribution in [1.82, 2.24) is 4.98 Å². The summed E-state index contributed by atoms with van der Waals surface area (Å²) in [4.78, 5) is 15.7. The van der Waals surface area contributed by atoms with E-state index in [1.165, 1.54) is 22.5 Å². The molecule has 0 bridgehead atoms. The summed E-state index contributed by atoms with van der Waals surface area (Å²) in [6, 6.07) is 5.92. The van der Waals surface area contributed by atoms with Crippen LogP contribution >= 0.6 is 11.3 Å². The van der Waals surface area contributed by atoms with Crippen molar-refractivity contribution in [3.8, 4) is 5.75 Å². The van der Waals surface area contributed by atoms with Gasteiger partial charge in [0.1, 0.15) is 5.75 Å². The Morgan fingerprint density at radius 2 is 2.25 bits per heavy atom. The predicted octanol–water partition coefficient (Wildman–Crippen LogP) is 3.59. The van der Waals surface area contributed by atoms with E-state index in [2.05, 4.69) is 31.1 Å². The second kappa shape index (κ2) is 6.52. The Labute approximate surface area is 122 Å². The van der Waals surface area contributed by atoms with Gasteiger partial charge in [0.05, 0.1) is 0 Å². The molecule has 0 unspecified atom stereocenters. The number of carbonyl (C=O) groups excluding carboxylic acids is 1. The van der Waals surface area contributed by atoms with Crippen LogP contribution in [0.1, 0.15) is 30.9 Å². The Morgan fingerprint density at radius 1 is 1.45 bits per heavy atom. The zero-order valence-electron chi connectivity index (χ0n) is 11.8. The van der Waals surface area contributed by atoms with Crippen LogP contribution in [-0.4, -0.2) is 17.5 Å². The van der Waals surface area contributed by atoms with E-state index in [0.717, 1.165) is 0 Å². The SMILES string of the molecule is Cc1cc(OCC(=O)Nc2nccs2)ccc1C(C)C. The largest absolute Gasteiger partial charge is 0.484 e. The average molecular weight is 290 g/mol. The zero-order chi connectivity index (χ0) is 14.5. The number of thiazole rings is 1. The number of hydrogen-bond acceptors (Lipinski definition) is 4. The van der Waals surface area contributed by atoms with Gasteiger partial charge < -0.3 is 4.74 Å². The van der Waals surface area contributed by atoms with Crippen molar-refractivity contribution >= 4 is 22.4 Å². The quantitative estimate of drug-likeness (QED) is 0.915. The number of ether oxygens (including phenoxy) is 1. The molecule has 0 saturated heterocycles. The molecule has 0 radical (unpaired) electrons. The highest BCUT2D eigenvalue weighted by Crippen LogP contribution is 2.23. The highest BCUT2D eigenvalue weighted by atomic mass is 32.1. The van der Waals surface area contributed by atoms with E-state index < -0.39 is 0 Å². The molecule has 5 heteroatoms. The van der Waals surface area contributed by atoms with Gasteiger partial charge in [-0.3, -0.25) is 10.1 Å². The van der Waals surface area contributed by atoms with Gasteiger partial charge in [-0.2, -0.15) is 0 Å². The summed E-state index contributed by atoms with van der Waals surface area (Å²) in [5.74, 6) is 0.990. The fourth-order valence-corrected chi connectivity index (χ4v) is 2.52. The maximum Gasteiger partial charge on any atom is 0.264 e. The number of carbonyl (C=O) groups is 1. The van der Waals surface area contributed by atoms with Gasteiger partial charge in [0.25, 0.3) is 5.91 Å². The van der Waals surface area contributed by atoms with Gasteiger partial charge in [-0.25, -0.2) is 4.98 Å². The van der Waals surface area contributed by atoms with E-state index in [0.29, 0.717) is 16.8 Å². The zero-order valence-corrected chi connectivity index (χ0v) is 12.7. The lowest BCUT2D eigenvalue weighted by Gasteiger charge is -2.12. The van der Waals surface area contributed by atoms with Gasteiger partial charge >= 0.3 is 0 Å². The third kappa shape index (κ3) is 3.81. The van der Waals surface area contributed by atoms with Crippen LogP contribution in [0.15, 0.2) is 29.8 Å². The van der Waals surface area contributed by atoms with Crippen LogP contribution in [0.4, 0.5) is 5.13 Å². The molecule has 2 rings (SSSR count). The van der Waals surface area contributed by atoms with Gasteiger partial charge in [0.15, 0.2) is 11.7 Å². The fraction of sp³-hybridized carbons (Fsp3) is 0.333. The lowest BCUT2D eigenvalue weighted by molar-refractivity contribution is -0.118. The first-order valence-corrected chi connectivity index (χ1v) is 7.37. The first kappa shape index (κ1) is 14.5. The van der Waals surface area contributed by atoms with E-state index in [-0.39, 0.29) is 12.5 Å². The fourth-order valence-electron chi connectivity index (χ4n) is 1.98. The number of amides is 1. The summed E-state index contributed by atoms with van der Waals surface area (Å²) in [5, 5.41) is 5.08. The van der Waals surface area contributed by atoms with Crippen molar-refractivity contribution in [3.63, 3.8) is 0 Å². The Bertz CT molecular complexity index is 580. The Morgan fingerprint density at radius 3 is 2.85 bits per heavy atom. The molecule has 1 heterocycles. The molecular formula is C15H18N2O2S. The Balaban J connectivity index is 1.91. The molecule has 0 saturated carbocycles. The molecule has 4 nitrogen and oxygen atoms in total. The number of rotatable bonds is 5. The number of aromatic nitrogens is 1. The number of benzene rings is 1. The molecule has 106 valence electrons. The average Bonchev–Trinajstić information content (AvgIpc) is 2.89. The molecule has 0 spiro atoms. The van der Waals surface area contributed by atoms with Crippen molar-refractivity contribution in [2.75, 3.05) is 11.9 Å². The van der Waals surface area contributed by atoms with Crippen molar-refractivity contribution in [3.05, 3.63) is 40.9 Å². The molecule has 0 aliphatic carbocycles. The maximum absolute atomic E-state index is 11.7. The summed E-state index contributed by atoms with van der Waals surface area (Å²) in [5.41, 5.74) is 2.47. The molecule has 20 heavy (non-hydrogen) atoms. The second-order valence-electron chi connectivity index (χ2n) is 4.85. The van der Waals surface area contributed by atoms with E-state index in [1.807, 2.05) is 23.6 Å². The normalized spacial score (nSPS) is 10.6. The first-order chi connectivity index (χ1) is 9.56. The number of anilines is 1. The molecular weight excluding hydrogens is 272 g/mol. The van der Waals surface area contributed by atoms with Crippen LogP contribution in [0.25, 0.3) is 0 Å². The van der Waals surface area contributed by atoms with Gasteiger partial charge in [-0.15, -0.1) is 11.3 Å². The summed E-state index contributed by atoms with van der Waals surface area (Å²) in [6.45, 7) is 6.35. The number of hydrogen-bond donors (Lipinski definition) is 1. The van der Waals surface area contributed by atoms with Gasteiger partial charge in [0.2, 0.25) is 0 Å². The summed E-state index contributed by atoms with van der Waals surface area (Å²) in [7, 11) is 0. The van der Waals surface area contributed by atoms with Crippen LogP contribution < -0.4 is 10.1 Å². The smallest absolute Gasteiger partial charge is 0.264 e. The Hall–Kier alpha value is -1.88. The summed E-state index contributed by atoms with van der Waals surface area (Å²) >= 11 is 1.38. The number of nitrogens with one attached hydrogen (secondary N) is 1. The monoisotopic (exact) mass is 290 g/mol. The molecule has 2 aromatic rings. The molecule has 1 aromatic heterocycles. The molecule has 0 atom stereocenters. The maximum atomic E-state index is 11.7. The van der Waals surface area contributed by atoms with Crippen LogP contribution in [0.3, 0.4) is 0 Å². The minimum Gasteiger partial charge on any atom is -0.484 e. The van der Waals surface area contributed by atoms with Crippen LogP contribution in [0.5, 0.6) is 5.75 Å². The van der Waals surface area contributed by atoms with Crippen LogP contribution in [0.2, 0.25) is 0 Å². The third-order valence-electron chi connectivity index (χ3n) is 2.91. The van der Waals surface area contributed by atoms with Crippen LogP contribution in [-0.2, 0) is 4.79 Å². The van der Waals surface area contributed by atoms with Gasteiger partial charge in [-0.05, 0) is 36.1 Å². The lowest BCUT2D eigenvalue weighted by Crippen LogP contribution is -2.20. The Kier molecular flexibility index (Phi) is 4.74. The topological polar surface area (TPSA) is 51.2 Å². The van der Waals surface area contributed by atoms with Crippen molar-refractivity contribution in [2.24, 2.45) is 0 Å². The van der Waals surface area contributed by atoms with Gasteiger partial charge in [-0.1, -0.05) is 19.9 Å². The number of aryl methyl sites for hydroxylation is 1. The van der Waals surface area contributed by atoms with Crippen molar-refractivity contribution in [1.29, 1.82) is 0 Å². The van der Waals surface area contributed by atoms with Crippen molar-refractivity contribution < 1.29 is 9.53 Å². The van der Waals surface area contributed by atoms with Crippen LogP contribution in [0, 0.1) is 6.92 Å². The third-order valence-corrected chi connectivity index (χ3v) is 3.60. The molecule has 1 N–H and O–H groups in total. The molecule has 0 aliphatic rings. The highest BCUT2D eigenvalue weighted by molar-refractivity contribution is 7.13. The minimum absolute atomic E-state index is 0.0138. The predicted molar refractivity (Wildman–Crippen MR) is 81.5 cm³/mol. The highest BCUT2D eigenvalue weighted by Gasteiger charge is 2.07. The molecule has 1 aromatic carbocycles. The summed E-state index contributed by atoms with van der Waals surface area (Å²) in [6.07, 6.45) is 1.65. The molecule has 1 amide bonds. The van der Waals surface area contributed by atoms with Gasteiger partial charge in [0, 0.05) is 11.6 Å². The first-order valence-electron chi connectivity index (χ1n) is 6.49. The lowest BCUT2D eigenvalue weighted by atomic mass is 9.98. The molecule has 0 aliphatic heterocycles.